The van der Waals surface area contributed by atoms with E-state index in [9.17, 15) is 23.3 Å². The van der Waals surface area contributed by atoms with E-state index < -0.39 is 28.0 Å². The predicted molar refractivity (Wildman–Crippen MR) is 98.7 cm³/mol. The largest absolute Gasteiger partial charge is 0.440 e. The van der Waals surface area contributed by atoms with Crippen molar-refractivity contribution in [1.29, 1.82) is 0 Å². The highest BCUT2D eigenvalue weighted by molar-refractivity contribution is 5.54. The molecule has 2 aliphatic rings. The minimum Gasteiger partial charge on any atom is -0.440 e. The summed E-state index contributed by atoms with van der Waals surface area (Å²) in [5, 5.41) is 10.8. The molecule has 1 unspecified atom stereocenters. The minimum absolute atomic E-state index is 0.0236. The molecule has 0 saturated carbocycles. The number of ether oxygens (including phenoxy) is 1. The van der Waals surface area contributed by atoms with E-state index >= 15 is 0 Å². The second-order valence-corrected chi connectivity index (χ2v) is 7.92. The molecular formula is C19H16F3N5O4. The van der Waals surface area contributed by atoms with E-state index in [1.165, 1.54) is 6.20 Å². The topological polar surface area (TPSA) is 99.5 Å². The summed E-state index contributed by atoms with van der Waals surface area (Å²) in [4.78, 5) is 20.5. The van der Waals surface area contributed by atoms with E-state index in [2.05, 4.69) is 14.9 Å². The third kappa shape index (κ3) is 3.42. The summed E-state index contributed by atoms with van der Waals surface area (Å²) in [6.07, 6.45) is 1.90. The lowest BCUT2D eigenvalue weighted by atomic mass is 10.0. The summed E-state index contributed by atoms with van der Waals surface area (Å²) >= 11 is 0. The number of oxazole rings is 1. The molecule has 0 aliphatic carbocycles. The molecule has 31 heavy (non-hydrogen) atoms. The first-order valence-electron chi connectivity index (χ1n) is 9.47. The molecule has 1 aromatic carbocycles. The van der Waals surface area contributed by atoms with E-state index in [0.717, 1.165) is 12.1 Å². The summed E-state index contributed by atoms with van der Waals surface area (Å²) in [6, 6.07) is 1.90. The Morgan fingerprint density at radius 3 is 2.68 bits per heavy atom. The number of halogens is 3. The lowest BCUT2D eigenvalue weighted by Crippen LogP contribution is -2.46. The van der Waals surface area contributed by atoms with Gasteiger partial charge in [0.05, 0.1) is 18.8 Å². The second kappa shape index (κ2) is 6.80. The van der Waals surface area contributed by atoms with Gasteiger partial charge in [-0.2, -0.15) is 0 Å². The lowest BCUT2D eigenvalue weighted by molar-refractivity contribution is -0.389. The van der Waals surface area contributed by atoms with Gasteiger partial charge in [0.2, 0.25) is 5.89 Å². The number of aromatic nitrogens is 3. The lowest BCUT2D eigenvalue weighted by Gasteiger charge is -2.32. The predicted octanol–water partition coefficient (Wildman–Crippen LogP) is 3.07. The van der Waals surface area contributed by atoms with E-state index in [0.29, 0.717) is 44.1 Å². The van der Waals surface area contributed by atoms with Crippen molar-refractivity contribution in [3.8, 4) is 17.5 Å². The Hall–Kier alpha value is -3.41. The van der Waals surface area contributed by atoms with Crippen LogP contribution in [0.15, 0.2) is 22.7 Å². The van der Waals surface area contributed by atoms with Gasteiger partial charge in [-0.3, -0.25) is 9.47 Å². The maximum absolute atomic E-state index is 13.5. The number of nitro groups is 1. The molecule has 162 valence electrons. The molecule has 0 fully saturated rings. The third-order valence-electron chi connectivity index (χ3n) is 5.36. The number of imidazole rings is 1. The monoisotopic (exact) mass is 435 g/mol. The highest BCUT2D eigenvalue weighted by atomic mass is 19.2. The molecule has 2 aromatic heterocycles. The fourth-order valence-electron chi connectivity index (χ4n) is 4.02. The van der Waals surface area contributed by atoms with Gasteiger partial charge in [0.25, 0.3) is 0 Å². The number of fused-ring (bicyclic) bond motifs is 2. The standard InChI is InChI=1S/C19H16F3N5O4/c1-19(9-26-7-15(27(28)29)24-18(26)31-19)8-25-3-2-13-14(6-25)30-17(23-13)10-4-11(20)16(22)12(21)5-10/h4-5,7H,2-3,6,8-9H2,1H3. The van der Waals surface area contributed by atoms with Crippen LogP contribution in [0.2, 0.25) is 0 Å². The smallest absolute Gasteiger partial charge is 0.415 e. The Kier molecular flexibility index (Phi) is 4.29. The summed E-state index contributed by atoms with van der Waals surface area (Å²) in [6.45, 7) is 3.84. The summed E-state index contributed by atoms with van der Waals surface area (Å²) in [7, 11) is 0. The van der Waals surface area contributed by atoms with Crippen LogP contribution in [0.1, 0.15) is 18.4 Å². The first kappa shape index (κ1) is 19.5. The Balaban J connectivity index is 1.30. The average molecular weight is 435 g/mol. The molecule has 12 heteroatoms. The Morgan fingerprint density at radius 1 is 1.26 bits per heavy atom. The zero-order chi connectivity index (χ0) is 21.9. The van der Waals surface area contributed by atoms with Crippen LogP contribution in [0.5, 0.6) is 6.01 Å². The molecule has 5 rings (SSSR count). The van der Waals surface area contributed by atoms with Crippen molar-refractivity contribution in [3.05, 3.63) is 57.3 Å². The SMILES string of the molecule is CC1(CN2CCc3nc(-c4cc(F)c(F)c(F)c4)oc3C2)Cn2cc([N+](=O)[O-])nc2O1. The van der Waals surface area contributed by atoms with Crippen LogP contribution >= 0.6 is 0 Å². The molecule has 1 atom stereocenters. The minimum atomic E-state index is -1.54. The molecule has 2 aliphatic heterocycles. The van der Waals surface area contributed by atoms with E-state index in [1.54, 1.807) is 4.57 Å². The first-order valence-corrected chi connectivity index (χ1v) is 9.47. The van der Waals surface area contributed by atoms with E-state index in [-0.39, 0.29) is 23.3 Å². The van der Waals surface area contributed by atoms with Crippen molar-refractivity contribution < 1.29 is 27.2 Å². The van der Waals surface area contributed by atoms with Crippen LogP contribution in [0.3, 0.4) is 0 Å². The number of nitrogens with zero attached hydrogens (tertiary/aromatic N) is 5. The maximum Gasteiger partial charge on any atom is 0.415 e. The molecule has 3 aromatic rings. The van der Waals surface area contributed by atoms with Crippen LogP contribution in [0.25, 0.3) is 11.5 Å². The average Bonchev–Trinajstić information content (AvgIpc) is 3.36. The number of rotatable bonds is 4. The van der Waals surface area contributed by atoms with Crippen molar-refractivity contribution in [2.24, 2.45) is 0 Å². The van der Waals surface area contributed by atoms with Gasteiger partial charge in [0.15, 0.2) is 17.5 Å². The number of benzene rings is 1. The van der Waals surface area contributed by atoms with Crippen LogP contribution < -0.4 is 4.74 Å². The third-order valence-corrected chi connectivity index (χ3v) is 5.36. The normalized spacial score (nSPS) is 20.4. The fourth-order valence-corrected chi connectivity index (χ4v) is 4.02. The molecule has 0 saturated heterocycles. The highest BCUT2D eigenvalue weighted by Crippen LogP contribution is 2.33. The van der Waals surface area contributed by atoms with Gasteiger partial charge in [-0.25, -0.2) is 18.2 Å². The van der Waals surface area contributed by atoms with Crippen LogP contribution in [-0.4, -0.2) is 43.0 Å². The zero-order valence-corrected chi connectivity index (χ0v) is 16.3. The number of hydrogen-bond acceptors (Lipinski definition) is 7. The zero-order valence-electron chi connectivity index (χ0n) is 16.3. The molecule has 4 heterocycles. The van der Waals surface area contributed by atoms with Gasteiger partial charge >= 0.3 is 11.8 Å². The van der Waals surface area contributed by atoms with Crippen molar-refractivity contribution in [3.63, 3.8) is 0 Å². The van der Waals surface area contributed by atoms with Crippen molar-refractivity contribution in [1.82, 2.24) is 19.4 Å². The summed E-state index contributed by atoms with van der Waals surface area (Å²) in [5.74, 6) is -3.83. The summed E-state index contributed by atoms with van der Waals surface area (Å²) in [5.41, 5.74) is 0.0639. The maximum atomic E-state index is 13.5. The van der Waals surface area contributed by atoms with Gasteiger partial charge in [-0.1, -0.05) is 0 Å². The molecule has 0 amide bonds. The number of hydrogen-bond donors (Lipinski definition) is 0. The van der Waals surface area contributed by atoms with Crippen LogP contribution in [0, 0.1) is 27.6 Å². The highest BCUT2D eigenvalue weighted by Gasteiger charge is 2.42. The van der Waals surface area contributed by atoms with Crippen LogP contribution in [-0.2, 0) is 19.5 Å². The van der Waals surface area contributed by atoms with E-state index in [1.807, 2.05) is 6.92 Å². The fraction of sp³-hybridized carbons (Fsp3) is 0.368. The van der Waals surface area contributed by atoms with Gasteiger partial charge in [0.1, 0.15) is 17.6 Å². The van der Waals surface area contributed by atoms with Gasteiger partial charge < -0.3 is 19.3 Å². The quantitative estimate of drug-likeness (QED) is 0.353. The van der Waals surface area contributed by atoms with Gasteiger partial charge in [-0.15, -0.1) is 0 Å². The van der Waals surface area contributed by atoms with E-state index in [4.69, 9.17) is 9.15 Å². The molecule has 0 spiro atoms. The van der Waals surface area contributed by atoms with Crippen molar-refractivity contribution >= 4 is 5.82 Å². The van der Waals surface area contributed by atoms with Gasteiger partial charge in [0, 0.05) is 30.1 Å². The van der Waals surface area contributed by atoms with Gasteiger partial charge in [-0.05, 0) is 24.0 Å². The molecule has 9 nitrogen and oxygen atoms in total. The first-order chi connectivity index (χ1) is 14.7. The van der Waals surface area contributed by atoms with Crippen LogP contribution in [0.4, 0.5) is 19.0 Å². The summed E-state index contributed by atoms with van der Waals surface area (Å²) < 4.78 is 53.5. The Labute approximate surface area is 173 Å². The molecule has 0 radical (unpaired) electrons. The molecule has 0 bridgehead atoms. The molecular weight excluding hydrogens is 419 g/mol. The second-order valence-electron chi connectivity index (χ2n) is 7.92. The Morgan fingerprint density at radius 2 is 2.00 bits per heavy atom. The Bertz CT molecular complexity index is 1160. The van der Waals surface area contributed by atoms with Crippen molar-refractivity contribution in [2.75, 3.05) is 13.1 Å². The molecule has 0 N–H and O–H groups in total. The van der Waals surface area contributed by atoms with Crippen molar-refractivity contribution in [2.45, 2.75) is 32.0 Å².